The Morgan fingerprint density at radius 1 is 1.17 bits per heavy atom. The number of nitrogens with zero attached hydrogens (tertiary/aromatic N) is 1. The summed E-state index contributed by atoms with van der Waals surface area (Å²) in [5.74, 6) is 0. The number of oxime groups is 1. The van der Waals surface area contributed by atoms with Gasteiger partial charge in [-0.3, -0.25) is 0 Å². The average Bonchev–Trinajstić information content (AvgIpc) is 1.99. The van der Waals surface area contributed by atoms with Crippen molar-refractivity contribution in [1.29, 1.82) is 0 Å². The Balaban J connectivity index is 2.93. The van der Waals surface area contributed by atoms with Crippen LogP contribution in [0.25, 0.3) is 0 Å². The molecule has 0 bridgehead atoms. The van der Waals surface area contributed by atoms with Gasteiger partial charge >= 0.3 is 0 Å². The maximum absolute atomic E-state index is 4.59. The average molecular weight is 163 g/mol. The van der Waals surface area contributed by atoms with E-state index in [1.807, 2.05) is 0 Å². The largest absolute Gasteiger partial charge is 0.399 e. The van der Waals surface area contributed by atoms with Crippen molar-refractivity contribution in [2.75, 3.05) is 7.11 Å². The highest BCUT2D eigenvalue weighted by Gasteiger charge is 1.91. The third-order valence-electron chi connectivity index (χ3n) is 1.55. The molecule has 0 unspecified atom stereocenters. The Bertz CT molecular complexity index is 272. The van der Waals surface area contributed by atoms with Crippen molar-refractivity contribution < 1.29 is 4.84 Å². The lowest BCUT2D eigenvalue weighted by Gasteiger charge is -1.98. The lowest BCUT2D eigenvalue weighted by atomic mass is 10.1. The monoisotopic (exact) mass is 163 g/mol. The molecule has 0 aliphatic rings. The minimum absolute atomic E-state index is 1.08. The van der Waals surface area contributed by atoms with Gasteiger partial charge in [0, 0.05) is 0 Å². The zero-order valence-corrected chi connectivity index (χ0v) is 7.66. The lowest BCUT2D eigenvalue weighted by molar-refractivity contribution is 0.215. The second-order valence-electron chi connectivity index (χ2n) is 2.84. The Hall–Kier alpha value is -1.31. The van der Waals surface area contributed by atoms with E-state index in [1.54, 1.807) is 13.3 Å². The van der Waals surface area contributed by atoms with Gasteiger partial charge < -0.3 is 4.84 Å². The van der Waals surface area contributed by atoms with E-state index in [1.165, 1.54) is 11.1 Å². The summed E-state index contributed by atoms with van der Waals surface area (Å²) in [6, 6.07) is 6.26. The van der Waals surface area contributed by atoms with Gasteiger partial charge in [-0.2, -0.15) is 0 Å². The summed E-state index contributed by atoms with van der Waals surface area (Å²) in [5, 5.41) is 3.70. The molecule has 0 radical (unpaired) electrons. The number of aryl methyl sites for hydroxylation is 2. The van der Waals surface area contributed by atoms with Crippen molar-refractivity contribution in [2.24, 2.45) is 5.16 Å². The van der Waals surface area contributed by atoms with E-state index in [0.717, 1.165) is 5.56 Å². The minimum Gasteiger partial charge on any atom is -0.399 e. The van der Waals surface area contributed by atoms with Crippen LogP contribution in [-0.4, -0.2) is 13.3 Å². The first kappa shape index (κ1) is 8.78. The highest BCUT2D eigenvalue weighted by molar-refractivity contribution is 5.79. The van der Waals surface area contributed by atoms with E-state index in [4.69, 9.17) is 0 Å². The topological polar surface area (TPSA) is 21.6 Å². The maximum atomic E-state index is 4.59. The van der Waals surface area contributed by atoms with Crippen LogP contribution >= 0.6 is 0 Å². The van der Waals surface area contributed by atoms with Crippen LogP contribution in [0.4, 0.5) is 0 Å². The number of hydrogen-bond acceptors (Lipinski definition) is 2. The summed E-state index contributed by atoms with van der Waals surface area (Å²) >= 11 is 0. The minimum atomic E-state index is 1.08. The van der Waals surface area contributed by atoms with Crippen LogP contribution in [0.15, 0.2) is 23.4 Å². The molecule has 0 fully saturated rings. The lowest BCUT2D eigenvalue weighted by Crippen LogP contribution is -1.85. The first-order valence-electron chi connectivity index (χ1n) is 3.87. The van der Waals surface area contributed by atoms with Gasteiger partial charge in [-0.15, -0.1) is 0 Å². The van der Waals surface area contributed by atoms with Crippen LogP contribution in [0, 0.1) is 13.8 Å². The van der Waals surface area contributed by atoms with E-state index < -0.39 is 0 Å². The molecule has 0 saturated heterocycles. The fourth-order valence-corrected chi connectivity index (χ4v) is 1.20. The molecular formula is C10H13NO. The van der Waals surface area contributed by atoms with Crippen molar-refractivity contribution in [1.82, 2.24) is 0 Å². The summed E-state index contributed by atoms with van der Waals surface area (Å²) in [6.45, 7) is 4.13. The van der Waals surface area contributed by atoms with Gasteiger partial charge in [-0.1, -0.05) is 34.5 Å². The van der Waals surface area contributed by atoms with Crippen molar-refractivity contribution in [3.8, 4) is 0 Å². The summed E-state index contributed by atoms with van der Waals surface area (Å²) in [6.07, 6.45) is 1.71. The maximum Gasteiger partial charge on any atom is 0.106 e. The Labute approximate surface area is 72.9 Å². The molecule has 0 aliphatic carbocycles. The Morgan fingerprint density at radius 3 is 2.25 bits per heavy atom. The number of rotatable bonds is 2. The van der Waals surface area contributed by atoms with Gasteiger partial charge in [0.1, 0.15) is 7.11 Å². The van der Waals surface area contributed by atoms with Crippen LogP contribution in [0.3, 0.4) is 0 Å². The van der Waals surface area contributed by atoms with Gasteiger partial charge in [0.25, 0.3) is 0 Å². The first-order valence-corrected chi connectivity index (χ1v) is 3.87. The molecule has 12 heavy (non-hydrogen) atoms. The molecule has 0 atom stereocenters. The van der Waals surface area contributed by atoms with Gasteiger partial charge in [-0.05, 0) is 19.4 Å². The fraction of sp³-hybridized carbons (Fsp3) is 0.300. The molecule has 2 heteroatoms. The van der Waals surface area contributed by atoms with Gasteiger partial charge in [0.05, 0.1) is 6.21 Å². The molecule has 0 aromatic heterocycles. The van der Waals surface area contributed by atoms with Crippen molar-refractivity contribution in [2.45, 2.75) is 13.8 Å². The fourth-order valence-electron chi connectivity index (χ4n) is 1.20. The van der Waals surface area contributed by atoms with Crippen molar-refractivity contribution in [3.63, 3.8) is 0 Å². The molecule has 0 N–H and O–H groups in total. The molecular weight excluding hydrogens is 150 g/mol. The predicted octanol–water partition coefficient (Wildman–Crippen LogP) is 2.28. The zero-order valence-electron chi connectivity index (χ0n) is 7.66. The predicted molar refractivity (Wildman–Crippen MR) is 50.5 cm³/mol. The molecule has 0 aliphatic heterocycles. The Morgan fingerprint density at radius 2 is 1.75 bits per heavy atom. The molecule has 0 amide bonds. The molecule has 64 valence electrons. The quantitative estimate of drug-likeness (QED) is 0.484. The normalized spacial score (nSPS) is 10.6. The SMILES string of the molecule is CON=Cc1cc(C)cc(C)c1. The van der Waals surface area contributed by atoms with E-state index >= 15 is 0 Å². The molecule has 0 heterocycles. The van der Waals surface area contributed by atoms with E-state index in [2.05, 4.69) is 42.0 Å². The smallest absolute Gasteiger partial charge is 0.106 e. The third kappa shape index (κ3) is 2.38. The van der Waals surface area contributed by atoms with Gasteiger partial charge in [0.2, 0.25) is 0 Å². The molecule has 1 aromatic rings. The van der Waals surface area contributed by atoms with E-state index in [-0.39, 0.29) is 0 Å². The van der Waals surface area contributed by atoms with E-state index in [9.17, 15) is 0 Å². The number of hydrogen-bond donors (Lipinski definition) is 0. The summed E-state index contributed by atoms with van der Waals surface area (Å²) in [7, 11) is 1.54. The third-order valence-corrected chi connectivity index (χ3v) is 1.55. The van der Waals surface area contributed by atoms with Crippen LogP contribution in [0.5, 0.6) is 0 Å². The molecule has 1 rings (SSSR count). The van der Waals surface area contributed by atoms with Gasteiger partial charge in [-0.25, -0.2) is 0 Å². The van der Waals surface area contributed by atoms with Crippen molar-refractivity contribution >= 4 is 6.21 Å². The van der Waals surface area contributed by atoms with Crippen LogP contribution in [0.2, 0.25) is 0 Å². The van der Waals surface area contributed by atoms with Crippen LogP contribution in [-0.2, 0) is 4.84 Å². The highest BCUT2D eigenvalue weighted by atomic mass is 16.6. The van der Waals surface area contributed by atoms with Crippen molar-refractivity contribution in [3.05, 3.63) is 34.9 Å². The molecule has 0 saturated carbocycles. The van der Waals surface area contributed by atoms with Gasteiger partial charge in [0.15, 0.2) is 0 Å². The van der Waals surface area contributed by atoms with E-state index in [0.29, 0.717) is 0 Å². The standard InChI is InChI=1S/C10H13NO/c1-8-4-9(2)6-10(5-8)7-11-12-3/h4-7H,1-3H3. The molecule has 1 aromatic carbocycles. The zero-order chi connectivity index (χ0) is 8.97. The van der Waals surface area contributed by atoms with Crippen LogP contribution < -0.4 is 0 Å². The molecule has 0 spiro atoms. The number of benzene rings is 1. The first-order chi connectivity index (χ1) is 5.72. The summed E-state index contributed by atoms with van der Waals surface area (Å²) in [4.78, 5) is 4.59. The summed E-state index contributed by atoms with van der Waals surface area (Å²) < 4.78 is 0. The van der Waals surface area contributed by atoms with Crippen LogP contribution in [0.1, 0.15) is 16.7 Å². The second kappa shape index (κ2) is 3.90. The summed E-state index contributed by atoms with van der Waals surface area (Å²) in [5.41, 5.74) is 3.56. The second-order valence-corrected chi connectivity index (χ2v) is 2.84. The highest BCUT2D eigenvalue weighted by Crippen LogP contribution is 2.06. The Kier molecular flexibility index (Phi) is 2.86. The molecule has 2 nitrogen and oxygen atoms in total.